The molecule has 0 aromatic rings. The molecule has 0 saturated heterocycles. The molecular weight excluding hydrogens is 317 g/mol. The molecular formula is C7H5Mg3O10+. The summed E-state index contributed by atoms with van der Waals surface area (Å²) >= 11 is 0. The second kappa shape index (κ2) is 15.3. The molecule has 0 unspecified atom stereocenters. The summed E-state index contributed by atoms with van der Waals surface area (Å²) < 4.78 is 0. The first-order valence-corrected chi connectivity index (χ1v) is 3.72. The van der Waals surface area contributed by atoms with Gasteiger partial charge in [0.1, 0.15) is 5.60 Å². The molecule has 0 heterocycles. The molecule has 13 heteroatoms. The van der Waals surface area contributed by atoms with Gasteiger partial charge in [-0.2, -0.15) is 0 Å². The summed E-state index contributed by atoms with van der Waals surface area (Å²) in [6.07, 6.45) is -5.05. The van der Waals surface area contributed by atoms with E-state index in [-0.39, 0.29) is 69.2 Å². The maximum absolute atomic E-state index is 10.1. The van der Waals surface area contributed by atoms with Crippen LogP contribution in [0, 0.1) is 0 Å². The van der Waals surface area contributed by atoms with Gasteiger partial charge in [0.15, 0.2) is 0 Å². The molecule has 0 bridgehead atoms. The van der Waals surface area contributed by atoms with E-state index in [1.54, 1.807) is 0 Å². The summed E-state index contributed by atoms with van der Waals surface area (Å²) in [5.74, 6) is -5.98. The van der Waals surface area contributed by atoms with Crippen LogP contribution in [0.4, 0.5) is 4.79 Å². The third kappa shape index (κ3) is 20.3. The van der Waals surface area contributed by atoms with Crippen LogP contribution in [0.15, 0.2) is 0 Å². The third-order valence-electron chi connectivity index (χ3n) is 1.25. The monoisotopic (exact) mass is 321 g/mol. The Hall–Kier alpha value is -0.0613. The standard InChI is InChI=1S/C6H8O7.CH2O3.3Mg/c7-3(8)1-6(13,5(11)12)2-4(9)10;2-1(3)4;;;/h13H,1-2H2,(H,7,8)(H,9,10)(H,11,12);(H2,2,3,4);;;/q;;3*+2/p-5. The van der Waals surface area contributed by atoms with Crippen molar-refractivity contribution in [1.82, 2.24) is 0 Å². The van der Waals surface area contributed by atoms with Gasteiger partial charge >= 0.3 is 69.2 Å². The molecule has 0 atom stereocenters. The van der Waals surface area contributed by atoms with Crippen molar-refractivity contribution in [3.8, 4) is 0 Å². The van der Waals surface area contributed by atoms with Gasteiger partial charge in [0.2, 0.25) is 0 Å². The summed E-state index contributed by atoms with van der Waals surface area (Å²) in [4.78, 5) is 38.3. The van der Waals surface area contributed by atoms with Crippen molar-refractivity contribution in [1.29, 1.82) is 0 Å². The summed E-state index contributed by atoms with van der Waals surface area (Å²) in [7, 11) is 0. The van der Waals surface area contributed by atoms with Crippen molar-refractivity contribution < 1.29 is 49.8 Å². The number of rotatable bonds is 5. The van der Waals surface area contributed by atoms with E-state index < -0.39 is 42.5 Å². The van der Waals surface area contributed by atoms with Crippen molar-refractivity contribution in [2.45, 2.75) is 18.4 Å². The van der Waals surface area contributed by atoms with Gasteiger partial charge in [-0.15, -0.1) is 0 Å². The van der Waals surface area contributed by atoms with Crippen molar-refractivity contribution in [3.63, 3.8) is 0 Å². The van der Waals surface area contributed by atoms with E-state index in [9.17, 15) is 29.7 Å². The van der Waals surface area contributed by atoms with Crippen LogP contribution in [0.1, 0.15) is 12.8 Å². The molecule has 0 aliphatic rings. The van der Waals surface area contributed by atoms with Gasteiger partial charge in [0, 0.05) is 24.8 Å². The van der Waals surface area contributed by atoms with Crippen LogP contribution in [0.3, 0.4) is 0 Å². The van der Waals surface area contributed by atoms with Crippen molar-refractivity contribution in [2.24, 2.45) is 0 Å². The molecule has 98 valence electrons. The van der Waals surface area contributed by atoms with E-state index in [4.69, 9.17) is 20.1 Å². The summed E-state index contributed by atoms with van der Waals surface area (Å²) in [6, 6.07) is 0. The average Bonchev–Trinajstić information content (AvgIpc) is 1.98. The van der Waals surface area contributed by atoms with Crippen LogP contribution in [-0.4, -0.2) is 104 Å². The van der Waals surface area contributed by atoms with E-state index in [0.29, 0.717) is 0 Å². The van der Waals surface area contributed by atoms with Gasteiger partial charge in [-0.05, 0) is 6.16 Å². The van der Waals surface area contributed by atoms with E-state index in [0.717, 1.165) is 0 Å². The fourth-order valence-electron chi connectivity index (χ4n) is 0.684. The molecule has 0 aliphatic heterocycles. The number of aliphatic carboxylic acids is 3. The predicted molar refractivity (Wildman–Crippen MR) is 51.9 cm³/mol. The Labute approximate surface area is 160 Å². The Morgan fingerprint density at radius 2 is 0.950 bits per heavy atom. The molecule has 20 heavy (non-hydrogen) atoms. The topological polar surface area (TPSA) is 204 Å². The molecule has 0 saturated carbocycles. The molecule has 0 amide bonds. The zero-order valence-electron chi connectivity index (χ0n) is 10.2. The largest absolute Gasteiger partial charge is 2.00 e. The van der Waals surface area contributed by atoms with E-state index in [1.807, 2.05) is 0 Å². The Kier molecular flexibility index (Phi) is 24.6. The molecule has 0 fully saturated rings. The van der Waals surface area contributed by atoms with Crippen molar-refractivity contribution >= 4 is 93.2 Å². The number of hydrogen-bond donors (Lipinski definition) is 1. The van der Waals surface area contributed by atoms with E-state index >= 15 is 0 Å². The van der Waals surface area contributed by atoms with Crippen LogP contribution >= 0.6 is 0 Å². The van der Waals surface area contributed by atoms with Crippen LogP contribution in [0.5, 0.6) is 0 Å². The number of carboxylic acid groups (broad SMARTS) is 5. The number of carboxylic acids is 3. The van der Waals surface area contributed by atoms with Crippen molar-refractivity contribution in [2.75, 3.05) is 0 Å². The zero-order valence-corrected chi connectivity index (χ0v) is 14.4. The Balaban J connectivity index is -0.0000000951. The Bertz CT molecular complexity index is 311. The van der Waals surface area contributed by atoms with E-state index in [1.165, 1.54) is 0 Å². The zero-order chi connectivity index (χ0) is 14.2. The van der Waals surface area contributed by atoms with Crippen LogP contribution in [0.2, 0.25) is 0 Å². The van der Waals surface area contributed by atoms with Gasteiger partial charge in [0.25, 0.3) is 0 Å². The number of aliphatic hydroxyl groups is 1. The normalized spacial score (nSPS) is 8.25. The molecule has 0 aliphatic carbocycles. The molecule has 0 rings (SSSR count). The molecule has 0 radical (unpaired) electrons. The molecule has 0 aromatic heterocycles. The molecule has 10 nitrogen and oxygen atoms in total. The van der Waals surface area contributed by atoms with Crippen LogP contribution < -0.4 is 25.5 Å². The maximum atomic E-state index is 10.1. The maximum Gasteiger partial charge on any atom is 2.00 e. The minimum atomic E-state index is -2.97. The van der Waals surface area contributed by atoms with Crippen LogP contribution in [0.25, 0.3) is 0 Å². The first-order chi connectivity index (χ1) is 7.51. The molecule has 1 N–H and O–H groups in total. The first-order valence-electron chi connectivity index (χ1n) is 3.72. The molecule has 0 spiro atoms. The Morgan fingerprint density at radius 1 is 0.750 bits per heavy atom. The second-order valence-corrected chi connectivity index (χ2v) is 2.67. The number of carbonyl (C=O) groups is 4. The minimum absolute atomic E-state index is 0. The van der Waals surface area contributed by atoms with Gasteiger partial charge < -0.3 is 49.8 Å². The fourth-order valence-corrected chi connectivity index (χ4v) is 0.684. The number of carbonyl (C=O) groups excluding carboxylic acids is 4. The average molecular weight is 322 g/mol. The predicted octanol–water partition coefficient (Wildman–Crippen LogP) is -8.84. The van der Waals surface area contributed by atoms with Gasteiger partial charge in [-0.3, -0.25) is 0 Å². The first kappa shape index (κ1) is 32.0. The minimum Gasteiger partial charge on any atom is -0.652 e. The molecule has 0 aromatic carbocycles. The quantitative estimate of drug-likeness (QED) is 0.473. The second-order valence-electron chi connectivity index (χ2n) is 2.67. The number of hydrogen-bond acceptors (Lipinski definition) is 10. The fraction of sp³-hybridized carbons (Fsp3) is 0.429. The van der Waals surface area contributed by atoms with Gasteiger partial charge in [-0.25, -0.2) is 0 Å². The van der Waals surface area contributed by atoms with Gasteiger partial charge in [-0.1, -0.05) is 0 Å². The van der Waals surface area contributed by atoms with Gasteiger partial charge in [0.05, 0.1) is 5.97 Å². The van der Waals surface area contributed by atoms with E-state index in [2.05, 4.69) is 0 Å². The third-order valence-corrected chi connectivity index (χ3v) is 1.25. The SMILES string of the molecule is O=C([O-])CC(O)(CC(=O)[O-])C(=O)[O-].O=C([O-])[O-].[Mg+2].[Mg+2].[Mg+2]. The van der Waals surface area contributed by atoms with Crippen molar-refractivity contribution in [3.05, 3.63) is 0 Å². The Morgan fingerprint density at radius 3 is 1.05 bits per heavy atom. The van der Waals surface area contributed by atoms with Crippen LogP contribution in [-0.2, 0) is 14.4 Å². The summed E-state index contributed by atoms with van der Waals surface area (Å²) in [5.41, 5.74) is -2.97. The smallest absolute Gasteiger partial charge is 0.652 e. The summed E-state index contributed by atoms with van der Waals surface area (Å²) in [5, 5.41) is 55.6. The summed E-state index contributed by atoms with van der Waals surface area (Å²) in [6.45, 7) is 0.